The predicted molar refractivity (Wildman–Crippen MR) is 61.4 cm³/mol. The highest BCUT2D eigenvalue weighted by Crippen LogP contribution is 2.15. The summed E-state index contributed by atoms with van der Waals surface area (Å²) in [5.74, 6) is 0.754. The molecule has 0 aliphatic rings. The van der Waals surface area contributed by atoms with Gasteiger partial charge in [-0.05, 0) is 38.1 Å². The van der Waals surface area contributed by atoms with Crippen molar-refractivity contribution in [2.45, 2.75) is 32.8 Å². The van der Waals surface area contributed by atoms with E-state index in [0.29, 0.717) is 5.56 Å². The van der Waals surface area contributed by atoms with Crippen molar-refractivity contribution in [3.05, 3.63) is 29.8 Å². The van der Waals surface area contributed by atoms with Gasteiger partial charge in [0.25, 0.3) is 0 Å². The van der Waals surface area contributed by atoms with Crippen LogP contribution in [0.5, 0.6) is 5.75 Å². The zero-order valence-corrected chi connectivity index (χ0v) is 9.56. The van der Waals surface area contributed by atoms with Crippen molar-refractivity contribution >= 4 is 5.78 Å². The Balaban J connectivity index is 2.64. The number of ether oxygens (including phenoxy) is 1. The van der Waals surface area contributed by atoms with E-state index in [2.05, 4.69) is 0 Å². The third-order valence-corrected chi connectivity index (χ3v) is 2.01. The Bertz CT molecular complexity index is 387. The second kappa shape index (κ2) is 5.92. The topological polar surface area (TPSA) is 50.1 Å². The number of hydrogen-bond donors (Lipinski definition) is 0. The van der Waals surface area contributed by atoms with Crippen LogP contribution in [0.2, 0.25) is 0 Å². The van der Waals surface area contributed by atoms with Crippen LogP contribution in [0.3, 0.4) is 0 Å². The minimum Gasteiger partial charge on any atom is -0.491 e. The van der Waals surface area contributed by atoms with Gasteiger partial charge in [0.15, 0.2) is 5.78 Å². The van der Waals surface area contributed by atoms with Crippen LogP contribution >= 0.6 is 0 Å². The highest BCUT2D eigenvalue weighted by molar-refractivity contribution is 5.96. The summed E-state index contributed by atoms with van der Waals surface area (Å²) in [6.07, 6.45) is 0.671. The SMILES string of the molecule is CC(C)Oc1ccc(C(=O)CCC#N)cc1. The summed E-state index contributed by atoms with van der Waals surface area (Å²) in [6.45, 7) is 3.90. The van der Waals surface area contributed by atoms with Crippen LogP contribution in [0.25, 0.3) is 0 Å². The fourth-order valence-electron chi connectivity index (χ4n) is 1.31. The Morgan fingerprint density at radius 3 is 2.50 bits per heavy atom. The van der Waals surface area contributed by atoms with Gasteiger partial charge >= 0.3 is 0 Å². The van der Waals surface area contributed by atoms with Gasteiger partial charge in [-0.15, -0.1) is 0 Å². The molecular formula is C13H15NO2. The van der Waals surface area contributed by atoms with Gasteiger partial charge < -0.3 is 4.74 Å². The number of ketones is 1. The molecule has 0 aromatic heterocycles. The summed E-state index contributed by atoms with van der Waals surface area (Å²) in [6, 6.07) is 8.98. The van der Waals surface area contributed by atoms with E-state index in [9.17, 15) is 4.79 Å². The molecule has 0 aliphatic heterocycles. The van der Waals surface area contributed by atoms with Gasteiger partial charge in [-0.1, -0.05) is 0 Å². The molecule has 0 saturated carbocycles. The van der Waals surface area contributed by atoms with Crippen LogP contribution in [0.4, 0.5) is 0 Å². The van der Waals surface area contributed by atoms with E-state index in [-0.39, 0.29) is 24.7 Å². The lowest BCUT2D eigenvalue weighted by molar-refractivity contribution is 0.0984. The van der Waals surface area contributed by atoms with Crippen molar-refractivity contribution in [2.24, 2.45) is 0 Å². The van der Waals surface area contributed by atoms with E-state index in [1.165, 1.54) is 0 Å². The molecule has 0 fully saturated rings. The Hall–Kier alpha value is -1.82. The zero-order chi connectivity index (χ0) is 12.0. The maximum atomic E-state index is 11.5. The van der Waals surface area contributed by atoms with Crippen molar-refractivity contribution < 1.29 is 9.53 Å². The molecule has 0 spiro atoms. The fraction of sp³-hybridized carbons (Fsp3) is 0.385. The summed E-state index contributed by atoms with van der Waals surface area (Å²) in [5.41, 5.74) is 0.631. The van der Waals surface area contributed by atoms with E-state index in [0.717, 1.165) is 5.75 Å². The van der Waals surface area contributed by atoms with E-state index >= 15 is 0 Å². The van der Waals surface area contributed by atoms with Crippen molar-refractivity contribution in [2.75, 3.05) is 0 Å². The second-order valence-corrected chi connectivity index (χ2v) is 3.77. The average Bonchev–Trinajstić information content (AvgIpc) is 2.26. The van der Waals surface area contributed by atoms with Crippen molar-refractivity contribution in [1.29, 1.82) is 5.26 Å². The average molecular weight is 217 g/mol. The van der Waals surface area contributed by atoms with Gasteiger partial charge in [-0.2, -0.15) is 5.26 Å². The summed E-state index contributed by atoms with van der Waals surface area (Å²) < 4.78 is 5.47. The largest absolute Gasteiger partial charge is 0.491 e. The Kier molecular flexibility index (Phi) is 4.53. The molecule has 1 rings (SSSR count). The molecule has 16 heavy (non-hydrogen) atoms. The van der Waals surface area contributed by atoms with Crippen LogP contribution in [-0.2, 0) is 0 Å². The van der Waals surface area contributed by atoms with Gasteiger partial charge in [0.2, 0.25) is 0 Å². The maximum Gasteiger partial charge on any atom is 0.163 e. The lowest BCUT2D eigenvalue weighted by Crippen LogP contribution is -2.05. The zero-order valence-electron chi connectivity index (χ0n) is 9.56. The molecule has 84 valence electrons. The number of nitriles is 1. The fourth-order valence-corrected chi connectivity index (χ4v) is 1.31. The molecule has 0 N–H and O–H groups in total. The highest BCUT2D eigenvalue weighted by atomic mass is 16.5. The first-order chi connectivity index (χ1) is 7.63. The van der Waals surface area contributed by atoms with E-state index in [1.54, 1.807) is 24.3 Å². The first kappa shape index (κ1) is 12.3. The van der Waals surface area contributed by atoms with Crippen LogP contribution in [0.15, 0.2) is 24.3 Å². The molecule has 0 unspecified atom stereocenters. The van der Waals surface area contributed by atoms with Gasteiger partial charge in [-0.25, -0.2) is 0 Å². The predicted octanol–water partition coefficient (Wildman–Crippen LogP) is 2.96. The molecule has 1 aromatic rings. The lowest BCUT2D eigenvalue weighted by atomic mass is 10.1. The summed E-state index contributed by atoms with van der Waals surface area (Å²) >= 11 is 0. The molecule has 0 atom stereocenters. The third-order valence-electron chi connectivity index (χ3n) is 2.01. The van der Waals surface area contributed by atoms with Crippen molar-refractivity contribution in [3.8, 4) is 11.8 Å². The Morgan fingerprint density at radius 2 is 2.00 bits per heavy atom. The highest BCUT2D eigenvalue weighted by Gasteiger charge is 2.05. The second-order valence-electron chi connectivity index (χ2n) is 3.77. The van der Waals surface area contributed by atoms with Crippen molar-refractivity contribution in [1.82, 2.24) is 0 Å². The van der Waals surface area contributed by atoms with Crippen LogP contribution in [-0.4, -0.2) is 11.9 Å². The minimum absolute atomic E-state index is 0.00218. The molecule has 0 heterocycles. The standard InChI is InChI=1S/C13H15NO2/c1-10(2)16-12-7-5-11(6-8-12)13(15)4-3-9-14/h5-8,10H,3-4H2,1-2H3. The summed E-state index contributed by atoms with van der Waals surface area (Å²) in [4.78, 5) is 11.5. The van der Waals surface area contributed by atoms with Crippen LogP contribution in [0, 0.1) is 11.3 Å². The van der Waals surface area contributed by atoms with E-state index in [1.807, 2.05) is 19.9 Å². The molecule has 0 bridgehead atoms. The van der Waals surface area contributed by atoms with Crippen molar-refractivity contribution in [3.63, 3.8) is 0 Å². The maximum absolute atomic E-state index is 11.5. The molecule has 3 heteroatoms. The van der Waals surface area contributed by atoms with Gasteiger partial charge in [-0.3, -0.25) is 4.79 Å². The number of carbonyl (C=O) groups excluding carboxylic acids is 1. The summed E-state index contributed by atoms with van der Waals surface area (Å²) in [5, 5.41) is 8.38. The first-order valence-electron chi connectivity index (χ1n) is 5.30. The molecule has 0 saturated heterocycles. The molecule has 3 nitrogen and oxygen atoms in total. The lowest BCUT2D eigenvalue weighted by Gasteiger charge is -2.09. The minimum atomic E-state index is -0.00218. The number of Topliss-reactive ketones (excluding diaryl/α,β-unsaturated/α-hetero) is 1. The monoisotopic (exact) mass is 217 g/mol. The van der Waals surface area contributed by atoms with Gasteiger partial charge in [0.05, 0.1) is 12.2 Å². The number of carbonyl (C=O) groups is 1. The first-order valence-corrected chi connectivity index (χ1v) is 5.30. The number of nitrogens with zero attached hydrogens (tertiary/aromatic N) is 1. The van der Waals surface area contributed by atoms with Gasteiger partial charge in [0.1, 0.15) is 5.75 Å². The summed E-state index contributed by atoms with van der Waals surface area (Å²) in [7, 11) is 0. The molecular weight excluding hydrogens is 202 g/mol. The molecule has 0 aliphatic carbocycles. The number of benzene rings is 1. The molecule has 0 radical (unpaired) electrons. The smallest absolute Gasteiger partial charge is 0.163 e. The van der Waals surface area contributed by atoms with E-state index < -0.39 is 0 Å². The molecule has 1 aromatic carbocycles. The number of hydrogen-bond acceptors (Lipinski definition) is 3. The Morgan fingerprint density at radius 1 is 1.38 bits per heavy atom. The normalized spacial score (nSPS) is 9.88. The van der Waals surface area contributed by atoms with Gasteiger partial charge in [0, 0.05) is 18.4 Å². The third kappa shape index (κ3) is 3.74. The van der Waals surface area contributed by atoms with E-state index in [4.69, 9.17) is 10.00 Å². The Labute approximate surface area is 95.7 Å². The quantitative estimate of drug-likeness (QED) is 0.712. The van der Waals surface area contributed by atoms with Crippen LogP contribution < -0.4 is 4.74 Å². The number of rotatable bonds is 5. The van der Waals surface area contributed by atoms with Crippen LogP contribution in [0.1, 0.15) is 37.0 Å². The molecule has 0 amide bonds.